The lowest BCUT2D eigenvalue weighted by molar-refractivity contribution is -0.136. The minimum Gasteiger partial charge on any atom is -0.497 e. The fourth-order valence-corrected chi connectivity index (χ4v) is 5.73. The van der Waals surface area contributed by atoms with Crippen LogP contribution in [0.3, 0.4) is 0 Å². The second kappa shape index (κ2) is 11.0. The maximum Gasteiger partial charge on any atom is 0.337 e. The fraction of sp³-hybridized carbons (Fsp3) is 0.440. The molecule has 1 aliphatic heterocycles. The zero-order valence-corrected chi connectivity index (χ0v) is 20.9. The van der Waals surface area contributed by atoms with Crippen LogP contribution in [0.25, 0.3) is 0 Å². The molecule has 1 saturated heterocycles. The molecule has 3 rings (SSSR count). The molecular weight excluding hydrogens is 456 g/mol. The Labute approximate surface area is 201 Å². The highest BCUT2D eigenvalue weighted by Gasteiger charge is 2.36. The van der Waals surface area contributed by atoms with Gasteiger partial charge in [-0.15, -0.1) is 0 Å². The number of hydrogen-bond acceptors (Lipinski definition) is 6. The topological polar surface area (TPSA) is 93.2 Å². The van der Waals surface area contributed by atoms with Crippen LogP contribution in [0.4, 0.5) is 0 Å². The van der Waals surface area contributed by atoms with Gasteiger partial charge < -0.3 is 14.4 Å². The van der Waals surface area contributed by atoms with Crippen molar-refractivity contribution < 1.29 is 27.5 Å². The van der Waals surface area contributed by atoms with Crippen LogP contribution in [0.1, 0.15) is 42.6 Å². The molecule has 2 aromatic rings. The molecular formula is C25H32N2O6S. The van der Waals surface area contributed by atoms with Crippen LogP contribution in [0.2, 0.25) is 0 Å². The van der Waals surface area contributed by atoms with Crippen molar-refractivity contribution in [2.75, 3.05) is 27.3 Å². The molecule has 1 unspecified atom stereocenters. The third-order valence-corrected chi connectivity index (χ3v) is 7.90. The van der Waals surface area contributed by atoms with Crippen molar-refractivity contribution >= 4 is 21.9 Å². The standard InChI is InChI=1S/C25H32N2O6S/c1-18(2)24(28)26-15-5-6-21(17-26)27(16-19-7-9-20(10-8-19)25(29)33-4)34(30,31)23-13-11-22(32-3)12-14-23/h7-14,18,21H,5-6,15-17H2,1-4H3. The van der Waals surface area contributed by atoms with Crippen molar-refractivity contribution in [2.45, 2.75) is 44.2 Å². The second-order valence-electron chi connectivity index (χ2n) is 8.65. The van der Waals surface area contributed by atoms with E-state index >= 15 is 0 Å². The van der Waals surface area contributed by atoms with Crippen molar-refractivity contribution in [1.82, 2.24) is 9.21 Å². The van der Waals surface area contributed by atoms with E-state index in [1.54, 1.807) is 41.3 Å². The molecule has 34 heavy (non-hydrogen) atoms. The van der Waals surface area contributed by atoms with Gasteiger partial charge in [-0.25, -0.2) is 13.2 Å². The number of sulfonamides is 1. The number of rotatable bonds is 8. The van der Waals surface area contributed by atoms with Gasteiger partial charge in [0, 0.05) is 31.6 Å². The van der Waals surface area contributed by atoms with Gasteiger partial charge in [0.1, 0.15) is 5.75 Å². The first kappa shape index (κ1) is 25.7. The minimum absolute atomic E-state index is 0.0222. The summed E-state index contributed by atoms with van der Waals surface area (Å²) in [5, 5.41) is 0. The SMILES string of the molecule is COC(=O)c1ccc(CN(C2CCCN(C(=O)C(C)C)C2)S(=O)(=O)c2ccc(OC)cc2)cc1. The molecule has 1 amide bonds. The number of benzene rings is 2. The van der Waals surface area contributed by atoms with E-state index in [0.29, 0.717) is 30.8 Å². The summed E-state index contributed by atoms with van der Waals surface area (Å²) >= 11 is 0. The molecule has 8 nitrogen and oxygen atoms in total. The molecule has 1 aliphatic rings. The third kappa shape index (κ3) is 5.77. The Morgan fingerprint density at radius 2 is 1.71 bits per heavy atom. The van der Waals surface area contributed by atoms with E-state index in [-0.39, 0.29) is 29.3 Å². The van der Waals surface area contributed by atoms with Gasteiger partial charge in [-0.05, 0) is 54.8 Å². The number of amides is 1. The molecule has 1 heterocycles. The first-order valence-corrected chi connectivity index (χ1v) is 12.7. The molecule has 0 saturated carbocycles. The molecule has 0 aliphatic carbocycles. The minimum atomic E-state index is -3.88. The average molecular weight is 489 g/mol. The van der Waals surface area contributed by atoms with Gasteiger partial charge in [-0.2, -0.15) is 4.31 Å². The second-order valence-corrected chi connectivity index (χ2v) is 10.5. The zero-order valence-electron chi connectivity index (χ0n) is 20.1. The number of methoxy groups -OCH3 is 2. The fourth-order valence-electron chi connectivity index (χ4n) is 4.09. The predicted molar refractivity (Wildman–Crippen MR) is 128 cm³/mol. The normalized spacial score (nSPS) is 16.5. The highest BCUT2D eigenvalue weighted by atomic mass is 32.2. The molecule has 0 spiro atoms. The lowest BCUT2D eigenvalue weighted by atomic mass is 10.0. The quantitative estimate of drug-likeness (QED) is 0.529. The molecule has 0 aromatic heterocycles. The summed E-state index contributed by atoms with van der Waals surface area (Å²) in [6.45, 7) is 4.77. The van der Waals surface area contributed by atoms with Gasteiger partial charge in [-0.1, -0.05) is 26.0 Å². The van der Waals surface area contributed by atoms with Gasteiger partial charge in [0.25, 0.3) is 0 Å². The lowest BCUT2D eigenvalue weighted by Gasteiger charge is -2.39. The Bertz CT molecular complexity index is 1100. The molecule has 184 valence electrons. The summed E-state index contributed by atoms with van der Waals surface area (Å²) in [5.41, 5.74) is 1.12. The number of hydrogen-bond donors (Lipinski definition) is 0. The van der Waals surface area contributed by atoms with Crippen LogP contribution >= 0.6 is 0 Å². The van der Waals surface area contributed by atoms with E-state index in [2.05, 4.69) is 0 Å². The summed E-state index contributed by atoms with van der Waals surface area (Å²) in [6, 6.07) is 12.6. The summed E-state index contributed by atoms with van der Waals surface area (Å²) in [4.78, 5) is 26.3. The number of carbonyl (C=O) groups is 2. The van der Waals surface area contributed by atoms with Gasteiger partial charge in [0.15, 0.2) is 0 Å². The number of ether oxygens (including phenoxy) is 2. The van der Waals surface area contributed by atoms with Crippen LogP contribution in [-0.2, 0) is 26.1 Å². The molecule has 0 radical (unpaired) electrons. The predicted octanol–water partition coefficient (Wildman–Crippen LogP) is 3.32. The van der Waals surface area contributed by atoms with Crippen molar-refractivity contribution in [3.8, 4) is 5.75 Å². The van der Waals surface area contributed by atoms with Crippen molar-refractivity contribution in [3.05, 3.63) is 59.7 Å². The van der Waals surface area contributed by atoms with Gasteiger partial charge in [-0.3, -0.25) is 4.79 Å². The number of piperidine rings is 1. The van der Waals surface area contributed by atoms with Crippen LogP contribution in [-0.4, -0.2) is 62.9 Å². The summed E-state index contributed by atoms with van der Waals surface area (Å²) in [7, 11) is -1.04. The third-order valence-electron chi connectivity index (χ3n) is 5.99. The Morgan fingerprint density at radius 3 is 2.26 bits per heavy atom. The van der Waals surface area contributed by atoms with E-state index in [1.165, 1.54) is 30.7 Å². The van der Waals surface area contributed by atoms with Crippen molar-refractivity contribution in [3.63, 3.8) is 0 Å². The Hall–Kier alpha value is -2.91. The van der Waals surface area contributed by atoms with E-state index in [9.17, 15) is 18.0 Å². The maximum atomic E-state index is 13.8. The monoisotopic (exact) mass is 488 g/mol. The van der Waals surface area contributed by atoms with Gasteiger partial charge in [0.2, 0.25) is 15.9 Å². The number of esters is 1. The summed E-state index contributed by atoms with van der Waals surface area (Å²) < 4.78 is 38.9. The number of carbonyl (C=O) groups excluding carboxylic acids is 2. The molecule has 0 bridgehead atoms. The first-order chi connectivity index (χ1) is 16.2. The molecule has 1 atom stereocenters. The van der Waals surface area contributed by atoms with Crippen LogP contribution in [0, 0.1) is 5.92 Å². The van der Waals surface area contributed by atoms with E-state index < -0.39 is 16.0 Å². The van der Waals surface area contributed by atoms with Crippen molar-refractivity contribution in [1.29, 1.82) is 0 Å². The Morgan fingerprint density at radius 1 is 1.06 bits per heavy atom. The molecule has 1 fully saturated rings. The van der Waals surface area contributed by atoms with Crippen LogP contribution in [0.15, 0.2) is 53.4 Å². The van der Waals surface area contributed by atoms with E-state index in [1.807, 2.05) is 13.8 Å². The number of likely N-dealkylation sites (tertiary alicyclic amines) is 1. The molecule has 0 N–H and O–H groups in total. The highest BCUT2D eigenvalue weighted by molar-refractivity contribution is 7.89. The maximum absolute atomic E-state index is 13.8. The first-order valence-electron chi connectivity index (χ1n) is 11.3. The van der Waals surface area contributed by atoms with Crippen LogP contribution in [0.5, 0.6) is 5.75 Å². The lowest BCUT2D eigenvalue weighted by Crippen LogP contribution is -2.52. The molecule has 2 aromatic carbocycles. The Kier molecular flexibility index (Phi) is 8.33. The summed E-state index contributed by atoms with van der Waals surface area (Å²) in [5.74, 6) is -0.0233. The van der Waals surface area contributed by atoms with E-state index in [0.717, 1.165) is 12.0 Å². The van der Waals surface area contributed by atoms with Gasteiger partial charge >= 0.3 is 5.97 Å². The Balaban J connectivity index is 1.95. The molecule has 9 heteroatoms. The van der Waals surface area contributed by atoms with Crippen molar-refractivity contribution in [2.24, 2.45) is 5.92 Å². The van der Waals surface area contributed by atoms with Gasteiger partial charge in [0.05, 0.1) is 24.7 Å². The van der Waals surface area contributed by atoms with Crippen LogP contribution < -0.4 is 4.74 Å². The smallest absolute Gasteiger partial charge is 0.337 e. The highest BCUT2D eigenvalue weighted by Crippen LogP contribution is 2.28. The van der Waals surface area contributed by atoms with E-state index in [4.69, 9.17) is 9.47 Å². The summed E-state index contributed by atoms with van der Waals surface area (Å²) in [6.07, 6.45) is 1.37. The number of nitrogens with zero attached hydrogens (tertiary/aromatic N) is 2. The average Bonchev–Trinajstić information content (AvgIpc) is 2.86. The largest absolute Gasteiger partial charge is 0.497 e. The zero-order chi connectivity index (χ0) is 24.9.